The predicted molar refractivity (Wildman–Crippen MR) is 81.6 cm³/mol. The quantitative estimate of drug-likeness (QED) is 0.852. The van der Waals surface area contributed by atoms with Gasteiger partial charge in [-0.05, 0) is 38.0 Å². The second-order valence-electron chi connectivity index (χ2n) is 6.02. The van der Waals surface area contributed by atoms with Gasteiger partial charge in [0.1, 0.15) is 0 Å². The van der Waals surface area contributed by atoms with Gasteiger partial charge in [-0.25, -0.2) is 13.1 Å². The highest BCUT2D eigenvalue weighted by molar-refractivity contribution is 7.89. The normalized spacial score (nSPS) is 15.1. The number of hydrogen-bond acceptors (Lipinski definition) is 4. The van der Waals surface area contributed by atoms with Gasteiger partial charge in [-0.15, -0.1) is 0 Å². The molecular weight excluding hydrogens is 290 g/mol. The van der Waals surface area contributed by atoms with E-state index in [1.807, 2.05) is 0 Å². The minimum atomic E-state index is -3.63. The van der Waals surface area contributed by atoms with Crippen LogP contribution in [0.2, 0.25) is 0 Å². The standard InChI is InChI=1S/C14H21N3O3S/c1-10(18)17-7-6-11-4-5-12(8-13(11)17)21(19,20)16-9-14(2,3)15/h4-5,8,16H,6-7,9,15H2,1-3H3. The van der Waals surface area contributed by atoms with Gasteiger partial charge in [-0.2, -0.15) is 0 Å². The molecule has 1 aliphatic heterocycles. The van der Waals surface area contributed by atoms with E-state index in [0.717, 1.165) is 12.0 Å². The fourth-order valence-electron chi connectivity index (χ4n) is 2.22. The first kappa shape index (κ1) is 15.9. The molecule has 6 nitrogen and oxygen atoms in total. The summed E-state index contributed by atoms with van der Waals surface area (Å²) in [5.41, 5.74) is 6.83. The molecule has 0 unspecified atom stereocenters. The van der Waals surface area contributed by atoms with Crippen LogP contribution in [-0.4, -0.2) is 33.0 Å². The summed E-state index contributed by atoms with van der Waals surface area (Å²) in [4.78, 5) is 13.3. The second kappa shape index (κ2) is 5.40. The highest BCUT2D eigenvalue weighted by atomic mass is 32.2. The van der Waals surface area contributed by atoms with E-state index in [-0.39, 0.29) is 17.3 Å². The van der Waals surface area contributed by atoms with Gasteiger partial charge >= 0.3 is 0 Å². The van der Waals surface area contributed by atoms with Crippen molar-refractivity contribution in [3.8, 4) is 0 Å². The Morgan fingerprint density at radius 1 is 1.43 bits per heavy atom. The first-order valence-electron chi connectivity index (χ1n) is 6.80. The van der Waals surface area contributed by atoms with Crippen LogP contribution in [0, 0.1) is 0 Å². The van der Waals surface area contributed by atoms with Crippen LogP contribution in [0.4, 0.5) is 5.69 Å². The molecule has 0 bridgehead atoms. The van der Waals surface area contributed by atoms with E-state index in [9.17, 15) is 13.2 Å². The van der Waals surface area contributed by atoms with Crippen LogP contribution >= 0.6 is 0 Å². The Bertz CT molecular complexity index is 663. The first-order chi connectivity index (χ1) is 9.60. The number of carbonyl (C=O) groups excluding carboxylic acids is 1. The monoisotopic (exact) mass is 311 g/mol. The molecule has 0 atom stereocenters. The van der Waals surface area contributed by atoms with E-state index in [1.165, 1.54) is 6.92 Å². The lowest BCUT2D eigenvalue weighted by molar-refractivity contribution is -0.116. The smallest absolute Gasteiger partial charge is 0.240 e. The van der Waals surface area contributed by atoms with E-state index >= 15 is 0 Å². The van der Waals surface area contributed by atoms with Gasteiger partial charge in [0, 0.05) is 31.2 Å². The lowest BCUT2D eigenvalue weighted by Gasteiger charge is -2.20. The van der Waals surface area contributed by atoms with E-state index in [4.69, 9.17) is 5.73 Å². The molecule has 1 heterocycles. The number of hydrogen-bond donors (Lipinski definition) is 2. The Morgan fingerprint density at radius 2 is 2.10 bits per heavy atom. The molecule has 7 heteroatoms. The van der Waals surface area contributed by atoms with Crippen molar-refractivity contribution < 1.29 is 13.2 Å². The summed E-state index contributed by atoms with van der Waals surface area (Å²) in [7, 11) is -3.63. The van der Waals surface area contributed by atoms with Crippen molar-refractivity contribution in [3.63, 3.8) is 0 Å². The van der Waals surface area contributed by atoms with Crippen molar-refractivity contribution in [2.45, 2.75) is 37.6 Å². The van der Waals surface area contributed by atoms with Crippen molar-refractivity contribution in [2.75, 3.05) is 18.0 Å². The number of sulfonamides is 1. The lowest BCUT2D eigenvalue weighted by atomic mass is 10.1. The van der Waals surface area contributed by atoms with Crippen LogP contribution in [0.25, 0.3) is 0 Å². The van der Waals surface area contributed by atoms with Crippen LogP contribution in [0.3, 0.4) is 0 Å². The number of fused-ring (bicyclic) bond motifs is 1. The number of carbonyl (C=O) groups is 1. The van der Waals surface area contributed by atoms with Gasteiger partial charge in [-0.1, -0.05) is 6.07 Å². The summed E-state index contributed by atoms with van der Waals surface area (Å²) in [5, 5.41) is 0. The SMILES string of the molecule is CC(=O)N1CCc2ccc(S(=O)(=O)NCC(C)(C)N)cc21. The summed E-state index contributed by atoms with van der Waals surface area (Å²) in [5.74, 6) is -0.0839. The molecule has 0 saturated carbocycles. The maximum Gasteiger partial charge on any atom is 0.240 e. The van der Waals surface area contributed by atoms with Crippen LogP contribution in [0.5, 0.6) is 0 Å². The summed E-state index contributed by atoms with van der Waals surface area (Å²) in [6.07, 6.45) is 0.749. The van der Waals surface area contributed by atoms with Crippen LogP contribution in [-0.2, 0) is 21.2 Å². The molecule has 0 radical (unpaired) electrons. The van der Waals surface area contributed by atoms with Gasteiger partial charge in [0.25, 0.3) is 0 Å². The van der Waals surface area contributed by atoms with E-state index in [0.29, 0.717) is 12.2 Å². The largest absolute Gasteiger partial charge is 0.324 e. The zero-order chi connectivity index (χ0) is 15.8. The number of amides is 1. The molecular formula is C14H21N3O3S. The molecule has 0 spiro atoms. The van der Waals surface area contributed by atoms with Crippen molar-refractivity contribution in [1.29, 1.82) is 0 Å². The number of benzene rings is 1. The maximum atomic E-state index is 12.3. The van der Waals surface area contributed by atoms with Crippen LogP contribution in [0.1, 0.15) is 26.3 Å². The van der Waals surface area contributed by atoms with E-state index < -0.39 is 15.6 Å². The minimum Gasteiger partial charge on any atom is -0.324 e. The van der Waals surface area contributed by atoms with Gasteiger partial charge in [-0.3, -0.25) is 4.79 Å². The third-order valence-corrected chi connectivity index (χ3v) is 4.76. The molecule has 0 saturated heterocycles. The van der Waals surface area contributed by atoms with E-state index in [2.05, 4.69) is 4.72 Å². The molecule has 21 heavy (non-hydrogen) atoms. The number of anilines is 1. The molecule has 1 aliphatic rings. The van der Waals surface area contributed by atoms with Gasteiger partial charge in [0.2, 0.25) is 15.9 Å². The van der Waals surface area contributed by atoms with Crippen molar-refractivity contribution in [3.05, 3.63) is 23.8 Å². The highest BCUT2D eigenvalue weighted by Crippen LogP contribution is 2.30. The molecule has 0 aromatic heterocycles. The number of nitrogens with one attached hydrogen (secondary N) is 1. The van der Waals surface area contributed by atoms with Gasteiger partial charge in [0.15, 0.2) is 0 Å². The average Bonchev–Trinajstić information content (AvgIpc) is 2.78. The van der Waals surface area contributed by atoms with Crippen molar-refractivity contribution in [1.82, 2.24) is 4.72 Å². The molecule has 116 valence electrons. The van der Waals surface area contributed by atoms with E-state index in [1.54, 1.807) is 36.9 Å². The Labute approximate surface area is 125 Å². The molecule has 0 aliphatic carbocycles. The highest BCUT2D eigenvalue weighted by Gasteiger charge is 2.25. The zero-order valence-corrected chi connectivity index (χ0v) is 13.3. The third-order valence-electron chi connectivity index (χ3n) is 3.36. The van der Waals surface area contributed by atoms with Gasteiger partial charge in [0.05, 0.1) is 4.90 Å². The summed E-state index contributed by atoms with van der Waals surface area (Å²) in [6.45, 7) is 5.71. The van der Waals surface area contributed by atoms with Crippen molar-refractivity contribution in [2.24, 2.45) is 5.73 Å². The minimum absolute atomic E-state index is 0.0839. The predicted octanol–water partition coefficient (Wildman–Crippen LogP) is 0.611. The Morgan fingerprint density at radius 3 is 2.67 bits per heavy atom. The third kappa shape index (κ3) is 3.61. The Hall–Kier alpha value is -1.44. The molecule has 0 fully saturated rings. The van der Waals surface area contributed by atoms with Gasteiger partial charge < -0.3 is 10.6 Å². The second-order valence-corrected chi connectivity index (χ2v) is 7.79. The fraction of sp³-hybridized carbons (Fsp3) is 0.500. The Balaban J connectivity index is 2.30. The molecule has 1 aromatic carbocycles. The van der Waals surface area contributed by atoms with Crippen LogP contribution < -0.4 is 15.4 Å². The fourth-order valence-corrected chi connectivity index (χ4v) is 3.46. The molecule has 1 amide bonds. The summed E-state index contributed by atoms with van der Waals surface area (Å²) >= 11 is 0. The molecule has 2 rings (SSSR count). The van der Waals surface area contributed by atoms with Crippen LogP contribution in [0.15, 0.2) is 23.1 Å². The van der Waals surface area contributed by atoms with Crippen molar-refractivity contribution >= 4 is 21.6 Å². The first-order valence-corrected chi connectivity index (χ1v) is 8.28. The molecule has 1 aromatic rings. The Kier molecular flexibility index (Phi) is 4.10. The lowest BCUT2D eigenvalue weighted by Crippen LogP contribution is -2.45. The topological polar surface area (TPSA) is 92.5 Å². The number of nitrogens with zero attached hydrogens (tertiary/aromatic N) is 1. The maximum absolute atomic E-state index is 12.3. The summed E-state index contributed by atoms with van der Waals surface area (Å²) in [6, 6.07) is 4.88. The summed E-state index contributed by atoms with van der Waals surface area (Å²) < 4.78 is 27.1. The number of nitrogens with two attached hydrogens (primary N) is 1. The number of rotatable bonds is 4. The zero-order valence-electron chi connectivity index (χ0n) is 12.5. The molecule has 3 N–H and O–H groups in total. The average molecular weight is 311 g/mol.